The Morgan fingerprint density at radius 1 is 0.962 bits per heavy atom. The first-order valence-electron chi connectivity index (χ1n) is 8.17. The molecular weight excluding hydrogens is 356 g/mol. The molecule has 3 heterocycles. The lowest BCUT2D eigenvalue weighted by Gasteiger charge is -2.36. The van der Waals surface area contributed by atoms with Crippen molar-refractivity contribution in [3.63, 3.8) is 0 Å². The van der Waals surface area contributed by atoms with Gasteiger partial charge in [-0.3, -0.25) is 0 Å². The highest BCUT2D eigenvalue weighted by Gasteiger charge is 2.22. The third kappa shape index (κ3) is 4.33. The van der Waals surface area contributed by atoms with E-state index in [1.54, 1.807) is 0 Å². The zero-order valence-electron chi connectivity index (χ0n) is 15.3. The van der Waals surface area contributed by atoms with Gasteiger partial charge in [-0.05, 0) is 44.4 Å². The Kier molecular flexibility index (Phi) is 6.60. The number of anilines is 2. The smallest absolute Gasteiger partial charge is 0.351 e. The van der Waals surface area contributed by atoms with Gasteiger partial charge in [0.1, 0.15) is 0 Å². The van der Waals surface area contributed by atoms with Gasteiger partial charge in [0.05, 0.1) is 0 Å². The number of halogens is 1. The molecule has 0 aliphatic carbocycles. The molecule has 0 bridgehead atoms. The standard InChI is InChI=1S/C16H21ClN6.CO2/c1-10-9-18-16(19-13(10)4)23-7-5-22(6-8-23)15-12(3)11(2)14(17)20-21-15;2-1-3/h9H,5-8H2,1-4H3;. The Bertz CT molecular complexity index is 815. The largest absolute Gasteiger partial charge is 0.373 e. The van der Waals surface area contributed by atoms with Gasteiger partial charge in [0.2, 0.25) is 5.95 Å². The molecule has 0 atom stereocenters. The fraction of sp³-hybridized carbons (Fsp3) is 0.471. The van der Waals surface area contributed by atoms with Crippen LogP contribution in [0.4, 0.5) is 11.8 Å². The molecular formula is C17H21ClN6O2. The maximum absolute atomic E-state index is 8.12. The van der Waals surface area contributed by atoms with Crippen LogP contribution in [-0.2, 0) is 9.59 Å². The van der Waals surface area contributed by atoms with Crippen LogP contribution in [0, 0.1) is 27.7 Å². The molecule has 0 radical (unpaired) electrons. The molecule has 1 saturated heterocycles. The van der Waals surface area contributed by atoms with Gasteiger partial charge in [0.15, 0.2) is 11.0 Å². The van der Waals surface area contributed by atoms with Gasteiger partial charge in [-0.2, -0.15) is 9.59 Å². The molecule has 1 fully saturated rings. The summed E-state index contributed by atoms with van der Waals surface area (Å²) in [7, 11) is 0. The van der Waals surface area contributed by atoms with Gasteiger partial charge in [0, 0.05) is 38.1 Å². The van der Waals surface area contributed by atoms with Crippen LogP contribution in [0.15, 0.2) is 6.20 Å². The predicted octanol–water partition coefficient (Wildman–Crippen LogP) is 1.90. The van der Waals surface area contributed by atoms with Crippen molar-refractivity contribution in [2.75, 3.05) is 36.0 Å². The second-order valence-corrected chi connectivity index (χ2v) is 6.42. The van der Waals surface area contributed by atoms with E-state index in [1.807, 2.05) is 33.9 Å². The molecule has 0 N–H and O–H groups in total. The predicted molar refractivity (Wildman–Crippen MR) is 97.5 cm³/mol. The molecule has 0 aromatic carbocycles. The van der Waals surface area contributed by atoms with Crippen molar-refractivity contribution in [2.45, 2.75) is 27.7 Å². The number of nitrogens with zero attached hydrogens (tertiary/aromatic N) is 6. The molecule has 0 spiro atoms. The summed E-state index contributed by atoms with van der Waals surface area (Å²) >= 11 is 6.04. The number of carbonyl (C=O) groups excluding carboxylic acids is 2. The van der Waals surface area contributed by atoms with Crippen LogP contribution >= 0.6 is 11.6 Å². The zero-order valence-corrected chi connectivity index (χ0v) is 16.0. The molecule has 2 aromatic heterocycles. The topological polar surface area (TPSA) is 92.2 Å². The molecule has 26 heavy (non-hydrogen) atoms. The van der Waals surface area contributed by atoms with Crippen molar-refractivity contribution in [1.82, 2.24) is 20.2 Å². The third-order valence-corrected chi connectivity index (χ3v) is 4.87. The Balaban J connectivity index is 0.000000758. The molecule has 0 unspecified atom stereocenters. The average Bonchev–Trinajstić information content (AvgIpc) is 2.63. The summed E-state index contributed by atoms with van der Waals surface area (Å²) in [6.45, 7) is 11.5. The molecule has 2 aromatic rings. The summed E-state index contributed by atoms with van der Waals surface area (Å²) in [5.74, 6) is 1.73. The molecule has 8 nitrogen and oxygen atoms in total. The van der Waals surface area contributed by atoms with Crippen molar-refractivity contribution in [3.05, 3.63) is 33.7 Å². The number of piperazine rings is 1. The van der Waals surface area contributed by atoms with Crippen LogP contribution in [0.25, 0.3) is 0 Å². The van der Waals surface area contributed by atoms with Crippen LogP contribution < -0.4 is 9.80 Å². The van der Waals surface area contributed by atoms with Crippen molar-refractivity contribution in [2.24, 2.45) is 0 Å². The summed E-state index contributed by atoms with van der Waals surface area (Å²) in [4.78, 5) is 29.8. The molecule has 1 aliphatic heterocycles. The van der Waals surface area contributed by atoms with Crippen LogP contribution in [0.1, 0.15) is 22.4 Å². The summed E-state index contributed by atoms with van der Waals surface area (Å²) in [6.07, 6.45) is 2.14. The lowest BCUT2D eigenvalue weighted by atomic mass is 10.2. The highest BCUT2D eigenvalue weighted by Crippen LogP contribution is 2.25. The van der Waals surface area contributed by atoms with Gasteiger partial charge in [-0.1, -0.05) is 11.6 Å². The fourth-order valence-electron chi connectivity index (χ4n) is 2.65. The minimum Gasteiger partial charge on any atom is -0.351 e. The number of hydrogen-bond acceptors (Lipinski definition) is 8. The molecule has 1 aliphatic rings. The van der Waals surface area contributed by atoms with Gasteiger partial charge in [0.25, 0.3) is 0 Å². The quantitative estimate of drug-likeness (QED) is 0.784. The van der Waals surface area contributed by atoms with Crippen molar-refractivity contribution in [3.8, 4) is 0 Å². The van der Waals surface area contributed by atoms with E-state index in [0.717, 1.165) is 60.3 Å². The first kappa shape index (κ1) is 19.8. The van der Waals surface area contributed by atoms with Crippen LogP contribution in [0.2, 0.25) is 5.15 Å². The van der Waals surface area contributed by atoms with Crippen molar-refractivity contribution < 1.29 is 9.59 Å². The number of hydrogen-bond donors (Lipinski definition) is 0. The van der Waals surface area contributed by atoms with E-state index < -0.39 is 0 Å². The molecule has 3 rings (SSSR count). The Labute approximate surface area is 157 Å². The van der Waals surface area contributed by atoms with Gasteiger partial charge < -0.3 is 9.80 Å². The SMILES string of the molecule is Cc1cnc(N2CCN(c3nnc(Cl)c(C)c3C)CC2)nc1C.O=C=O. The van der Waals surface area contributed by atoms with E-state index in [1.165, 1.54) is 0 Å². The van der Waals surface area contributed by atoms with E-state index in [4.69, 9.17) is 21.2 Å². The number of rotatable bonds is 2. The van der Waals surface area contributed by atoms with Crippen LogP contribution in [-0.4, -0.2) is 52.5 Å². The maximum atomic E-state index is 8.12. The normalized spacial score (nSPS) is 13.7. The zero-order chi connectivity index (χ0) is 19.3. The van der Waals surface area contributed by atoms with E-state index in [0.29, 0.717) is 5.15 Å². The average molecular weight is 377 g/mol. The van der Waals surface area contributed by atoms with Gasteiger partial charge in [-0.25, -0.2) is 9.97 Å². The summed E-state index contributed by atoms with van der Waals surface area (Å²) in [5, 5.41) is 8.81. The Morgan fingerprint density at radius 3 is 2.12 bits per heavy atom. The van der Waals surface area contributed by atoms with Crippen molar-refractivity contribution in [1.29, 1.82) is 0 Å². The molecule has 9 heteroatoms. The summed E-state index contributed by atoms with van der Waals surface area (Å²) < 4.78 is 0. The van der Waals surface area contributed by atoms with Gasteiger partial charge >= 0.3 is 6.15 Å². The summed E-state index contributed by atoms with van der Waals surface area (Å²) in [5.41, 5.74) is 4.25. The minimum absolute atomic E-state index is 0.250. The van der Waals surface area contributed by atoms with E-state index >= 15 is 0 Å². The third-order valence-electron chi connectivity index (χ3n) is 4.51. The fourth-order valence-corrected chi connectivity index (χ4v) is 2.83. The molecule has 0 amide bonds. The number of aryl methyl sites for hydroxylation is 2. The number of aromatic nitrogens is 4. The van der Waals surface area contributed by atoms with Crippen LogP contribution in [0.3, 0.4) is 0 Å². The second-order valence-electron chi connectivity index (χ2n) is 6.06. The first-order valence-corrected chi connectivity index (χ1v) is 8.55. The Hall–Kier alpha value is -2.57. The molecule has 138 valence electrons. The highest BCUT2D eigenvalue weighted by atomic mass is 35.5. The van der Waals surface area contributed by atoms with E-state index in [-0.39, 0.29) is 6.15 Å². The van der Waals surface area contributed by atoms with Gasteiger partial charge in [-0.15, -0.1) is 10.2 Å². The van der Waals surface area contributed by atoms with E-state index in [2.05, 4.69) is 30.0 Å². The van der Waals surface area contributed by atoms with Crippen LogP contribution in [0.5, 0.6) is 0 Å². The lowest BCUT2D eigenvalue weighted by Crippen LogP contribution is -2.47. The first-order chi connectivity index (χ1) is 12.4. The maximum Gasteiger partial charge on any atom is 0.373 e. The Morgan fingerprint density at radius 2 is 1.54 bits per heavy atom. The highest BCUT2D eigenvalue weighted by molar-refractivity contribution is 6.30. The van der Waals surface area contributed by atoms with E-state index in [9.17, 15) is 0 Å². The second kappa shape index (κ2) is 8.69. The van der Waals surface area contributed by atoms with Crippen molar-refractivity contribution >= 4 is 29.5 Å². The molecule has 0 saturated carbocycles. The summed E-state index contributed by atoms with van der Waals surface area (Å²) in [6, 6.07) is 0. The monoisotopic (exact) mass is 376 g/mol. The lowest BCUT2D eigenvalue weighted by molar-refractivity contribution is -0.191. The minimum atomic E-state index is 0.250.